The van der Waals surface area contributed by atoms with Crippen molar-refractivity contribution < 1.29 is 0 Å². The number of rotatable bonds is 5. The Morgan fingerprint density at radius 3 is 2.76 bits per heavy atom. The summed E-state index contributed by atoms with van der Waals surface area (Å²) in [5.74, 6) is 1.46. The fraction of sp³-hybridized carbons (Fsp3) is 0.667. The van der Waals surface area contributed by atoms with E-state index in [1.807, 2.05) is 24.0 Å². The third-order valence-electron chi connectivity index (χ3n) is 2.30. The molecule has 0 saturated carbocycles. The van der Waals surface area contributed by atoms with Gasteiger partial charge in [-0.2, -0.15) is 5.10 Å². The van der Waals surface area contributed by atoms with E-state index < -0.39 is 0 Å². The Morgan fingerprint density at radius 1 is 1.47 bits per heavy atom. The molecule has 0 aromatic carbocycles. The van der Waals surface area contributed by atoms with Gasteiger partial charge in [-0.15, -0.1) is 0 Å². The summed E-state index contributed by atoms with van der Waals surface area (Å²) < 4.78 is 1.93. The molecule has 1 aromatic heterocycles. The van der Waals surface area contributed by atoms with Gasteiger partial charge in [-0.3, -0.25) is 9.67 Å². The van der Waals surface area contributed by atoms with Crippen molar-refractivity contribution in [1.29, 1.82) is 0 Å². The summed E-state index contributed by atoms with van der Waals surface area (Å²) in [5.41, 5.74) is 1.19. The van der Waals surface area contributed by atoms with Crippen molar-refractivity contribution >= 4 is 5.96 Å². The molecule has 0 fully saturated rings. The van der Waals surface area contributed by atoms with E-state index in [1.54, 1.807) is 7.05 Å². The molecule has 2 N–H and O–H groups in total. The second kappa shape index (κ2) is 6.93. The third kappa shape index (κ3) is 5.38. The van der Waals surface area contributed by atoms with Gasteiger partial charge in [-0.1, -0.05) is 13.8 Å². The molecule has 17 heavy (non-hydrogen) atoms. The van der Waals surface area contributed by atoms with Gasteiger partial charge in [-0.25, -0.2) is 0 Å². The molecule has 0 unspecified atom stereocenters. The van der Waals surface area contributed by atoms with Gasteiger partial charge in [0.1, 0.15) is 0 Å². The molecule has 5 heteroatoms. The topological polar surface area (TPSA) is 54.2 Å². The number of hydrogen-bond acceptors (Lipinski definition) is 2. The number of guanidine groups is 1. The highest BCUT2D eigenvalue weighted by atomic mass is 15.3. The largest absolute Gasteiger partial charge is 0.356 e. The monoisotopic (exact) mass is 237 g/mol. The van der Waals surface area contributed by atoms with Crippen molar-refractivity contribution in [2.75, 3.05) is 20.1 Å². The Balaban J connectivity index is 2.24. The molecular weight excluding hydrogens is 214 g/mol. The first-order valence-electron chi connectivity index (χ1n) is 6.05. The van der Waals surface area contributed by atoms with Crippen LogP contribution in [-0.2, 0) is 6.54 Å². The highest BCUT2D eigenvalue weighted by molar-refractivity contribution is 5.79. The Morgan fingerprint density at radius 2 is 2.24 bits per heavy atom. The predicted molar refractivity (Wildman–Crippen MR) is 71.2 cm³/mol. The van der Waals surface area contributed by atoms with Crippen LogP contribution in [0, 0.1) is 12.8 Å². The van der Waals surface area contributed by atoms with Crippen LogP contribution in [0.1, 0.15) is 19.4 Å². The maximum absolute atomic E-state index is 4.23. The molecular formula is C12H23N5. The Hall–Kier alpha value is -1.52. The van der Waals surface area contributed by atoms with Crippen LogP contribution in [0.15, 0.2) is 17.4 Å². The van der Waals surface area contributed by atoms with E-state index in [4.69, 9.17) is 0 Å². The highest BCUT2D eigenvalue weighted by Gasteiger charge is 1.99. The Kier molecular flexibility index (Phi) is 5.52. The van der Waals surface area contributed by atoms with Gasteiger partial charge in [0.2, 0.25) is 0 Å². The molecule has 0 amide bonds. The standard InChI is InChI=1S/C12H23N5/c1-10(2)7-15-12(13-4)14-5-6-17-9-11(3)8-16-17/h8-10H,5-7H2,1-4H3,(H2,13,14,15). The first kappa shape index (κ1) is 13.5. The van der Waals surface area contributed by atoms with E-state index >= 15 is 0 Å². The van der Waals surface area contributed by atoms with Gasteiger partial charge in [0.15, 0.2) is 5.96 Å². The number of nitrogens with zero attached hydrogens (tertiary/aromatic N) is 3. The van der Waals surface area contributed by atoms with Crippen LogP contribution in [-0.4, -0.2) is 35.9 Å². The summed E-state index contributed by atoms with van der Waals surface area (Å²) in [5, 5.41) is 10.8. The molecule has 0 atom stereocenters. The molecule has 1 aromatic rings. The molecule has 1 heterocycles. The number of hydrogen-bond donors (Lipinski definition) is 2. The summed E-state index contributed by atoms with van der Waals surface area (Å²) in [6, 6.07) is 0. The van der Waals surface area contributed by atoms with Gasteiger partial charge in [0.25, 0.3) is 0 Å². The first-order chi connectivity index (χ1) is 8.11. The summed E-state index contributed by atoms with van der Waals surface area (Å²) >= 11 is 0. The lowest BCUT2D eigenvalue weighted by molar-refractivity contribution is 0.584. The van der Waals surface area contributed by atoms with Crippen molar-refractivity contribution in [3.63, 3.8) is 0 Å². The maximum atomic E-state index is 4.23. The molecule has 5 nitrogen and oxygen atoms in total. The number of aryl methyl sites for hydroxylation is 1. The van der Waals surface area contributed by atoms with Crippen LogP contribution in [0.2, 0.25) is 0 Å². The maximum Gasteiger partial charge on any atom is 0.191 e. The molecule has 0 spiro atoms. The molecule has 0 saturated heterocycles. The van der Waals surface area contributed by atoms with E-state index in [1.165, 1.54) is 5.56 Å². The lowest BCUT2D eigenvalue weighted by Gasteiger charge is -2.13. The fourth-order valence-electron chi connectivity index (χ4n) is 1.40. The molecule has 0 aliphatic rings. The van der Waals surface area contributed by atoms with Crippen LogP contribution in [0.4, 0.5) is 0 Å². The predicted octanol–water partition coefficient (Wildman–Crippen LogP) is 1.01. The van der Waals surface area contributed by atoms with E-state index in [-0.39, 0.29) is 0 Å². The molecule has 0 radical (unpaired) electrons. The van der Waals surface area contributed by atoms with Crippen molar-refractivity contribution in [3.05, 3.63) is 18.0 Å². The fourth-order valence-corrected chi connectivity index (χ4v) is 1.40. The average molecular weight is 237 g/mol. The minimum absolute atomic E-state index is 0.613. The van der Waals surface area contributed by atoms with Gasteiger partial charge < -0.3 is 10.6 Å². The van der Waals surface area contributed by atoms with E-state index in [0.717, 1.165) is 25.6 Å². The number of nitrogens with one attached hydrogen (secondary N) is 2. The molecule has 0 aliphatic carbocycles. The number of aliphatic imine (C=N–C) groups is 1. The third-order valence-corrected chi connectivity index (χ3v) is 2.30. The van der Waals surface area contributed by atoms with E-state index in [2.05, 4.69) is 34.6 Å². The van der Waals surface area contributed by atoms with Crippen molar-refractivity contribution in [3.8, 4) is 0 Å². The van der Waals surface area contributed by atoms with E-state index in [9.17, 15) is 0 Å². The SMILES string of the molecule is CN=C(NCCn1cc(C)cn1)NCC(C)C. The van der Waals surface area contributed by atoms with Crippen molar-refractivity contribution in [1.82, 2.24) is 20.4 Å². The number of aromatic nitrogens is 2. The molecule has 96 valence electrons. The lowest BCUT2D eigenvalue weighted by Crippen LogP contribution is -2.40. The quantitative estimate of drug-likeness (QED) is 0.593. The van der Waals surface area contributed by atoms with Crippen LogP contribution in [0.25, 0.3) is 0 Å². The van der Waals surface area contributed by atoms with Gasteiger partial charge >= 0.3 is 0 Å². The van der Waals surface area contributed by atoms with Gasteiger partial charge in [0, 0.05) is 26.3 Å². The summed E-state index contributed by atoms with van der Waals surface area (Å²) in [4.78, 5) is 4.16. The van der Waals surface area contributed by atoms with Crippen LogP contribution in [0.3, 0.4) is 0 Å². The molecule has 0 bridgehead atoms. The second-order valence-electron chi connectivity index (χ2n) is 4.55. The second-order valence-corrected chi connectivity index (χ2v) is 4.55. The van der Waals surface area contributed by atoms with Crippen LogP contribution < -0.4 is 10.6 Å². The summed E-state index contributed by atoms with van der Waals surface area (Å²) in [6.07, 6.45) is 3.90. The normalized spacial score (nSPS) is 11.9. The molecule has 1 rings (SSSR count). The van der Waals surface area contributed by atoms with Gasteiger partial charge in [-0.05, 0) is 18.4 Å². The van der Waals surface area contributed by atoms with Crippen molar-refractivity contribution in [2.24, 2.45) is 10.9 Å². The average Bonchev–Trinajstić information content (AvgIpc) is 2.69. The minimum atomic E-state index is 0.613. The lowest BCUT2D eigenvalue weighted by atomic mass is 10.2. The smallest absolute Gasteiger partial charge is 0.191 e. The first-order valence-corrected chi connectivity index (χ1v) is 6.05. The summed E-state index contributed by atoms with van der Waals surface area (Å²) in [7, 11) is 1.79. The molecule has 0 aliphatic heterocycles. The zero-order valence-corrected chi connectivity index (χ0v) is 11.2. The van der Waals surface area contributed by atoms with E-state index in [0.29, 0.717) is 5.92 Å². The van der Waals surface area contributed by atoms with Crippen LogP contribution >= 0.6 is 0 Å². The summed E-state index contributed by atoms with van der Waals surface area (Å²) in [6.45, 7) is 8.98. The zero-order chi connectivity index (χ0) is 12.7. The van der Waals surface area contributed by atoms with Crippen LogP contribution in [0.5, 0.6) is 0 Å². The van der Waals surface area contributed by atoms with Crippen molar-refractivity contribution in [2.45, 2.75) is 27.3 Å². The van der Waals surface area contributed by atoms with Gasteiger partial charge in [0.05, 0.1) is 12.7 Å². The highest BCUT2D eigenvalue weighted by Crippen LogP contribution is 1.92. The minimum Gasteiger partial charge on any atom is -0.356 e. The zero-order valence-electron chi connectivity index (χ0n) is 11.2. The Labute approximate surface area is 103 Å². The Bertz CT molecular complexity index is 354.